The van der Waals surface area contributed by atoms with Crippen LogP contribution in [0.2, 0.25) is 0 Å². The molecule has 1 aromatic carbocycles. The summed E-state index contributed by atoms with van der Waals surface area (Å²) in [7, 11) is 2.06. The van der Waals surface area contributed by atoms with E-state index in [0.717, 1.165) is 30.2 Å². The van der Waals surface area contributed by atoms with E-state index in [-0.39, 0.29) is 0 Å². The highest BCUT2D eigenvalue weighted by Crippen LogP contribution is 2.15. The molecule has 0 aliphatic rings. The summed E-state index contributed by atoms with van der Waals surface area (Å²) in [5.74, 6) is 0.971. The zero-order valence-electron chi connectivity index (χ0n) is 11.9. The fourth-order valence-electron chi connectivity index (χ4n) is 1.94. The lowest BCUT2D eigenvalue weighted by Gasteiger charge is -2.19. The predicted molar refractivity (Wildman–Crippen MR) is 81.5 cm³/mol. The van der Waals surface area contributed by atoms with Crippen molar-refractivity contribution in [2.24, 2.45) is 0 Å². The first-order chi connectivity index (χ1) is 9.06. The molecule has 3 nitrogen and oxygen atoms in total. The molecule has 0 fully saturated rings. The number of aromatic nitrogens is 1. The predicted octanol–water partition coefficient (Wildman–Crippen LogP) is 2.96. The van der Waals surface area contributed by atoms with Crippen LogP contribution < -0.4 is 10.6 Å². The topological polar surface area (TPSA) is 42.1 Å². The second-order valence-electron chi connectivity index (χ2n) is 5.00. The van der Waals surface area contributed by atoms with Crippen molar-refractivity contribution in [3.63, 3.8) is 0 Å². The minimum atomic E-state index is 0.746. The highest BCUT2D eigenvalue weighted by molar-refractivity contribution is 5.50. The van der Waals surface area contributed by atoms with Crippen molar-refractivity contribution >= 4 is 11.5 Å². The summed E-state index contributed by atoms with van der Waals surface area (Å²) in [4.78, 5) is 6.66. The van der Waals surface area contributed by atoms with Crippen LogP contribution in [0.15, 0.2) is 36.4 Å². The summed E-state index contributed by atoms with van der Waals surface area (Å²) in [6.07, 6.45) is 1.02. The Hall–Kier alpha value is -2.03. The van der Waals surface area contributed by atoms with E-state index in [1.165, 1.54) is 11.1 Å². The van der Waals surface area contributed by atoms with Gasteiger partial charge < -0.3 is 10.6 Å². The van der Waals surface area contributed by atoms with Crippen LogP contribution in [0.4, 0.5) is 11.5 Å². The molecule has 0 saturated heterocycles. The maximum Gasteiger partial charge on any atom is 0.128 e. The van der Waals surface area contributed by atoms with Gasteiger partial charge in [-0.2, -0.15) is 0 Å². The lowest BCUT2D eigenvalue weighted by atomic mass is 10.1. The number of anilines is 2. The van der Waals surface area contributed by atoms with Gasteiger partial charge in [0.15, 0.2) is 0 Å². The van der Waals surface area contributed by atoms with Crippen molar-refractivity contribution in [1.82, 2.24) is 4.98 Å². The zero-order valence-corrected chi connectivity index (χ0v) is 11.9. The molecule has 0 unspecified atom stereocenters. The molecule has 0 radical (unpaired) electrons. The first-order valence-electron chi connectivity index (χ1n) is 6.56. The van der Waals surface area contributed by atoms with E-state index < -0.39 is 0 Å². The Bertz CT molecular complexity index is 546. The summed E-state index contributed by atoms with van der Waals surface area (Å²) < 4.78 is 0. The van der Waals surface area contributed by atoms with Gasteiger partial charge in [0.05, 0.1) is 11.4 Å². The lowest BCUT2D eigenvalue weighted by Crippen LogP contribution is -2.21. The molecule has 0 aliphatic heterocycles. The maximum atomic E-state index is 5.79. The van der Waals surface area contributed by atoms with E-state index >= 15 is 0 Å². The number of nitrogens with zero attached hydrogens (tertiary/aromatic N) is 2. The highest BCUT2D eigenvalue weighted by Gasteiger charge is 2.04. The fraction of sp³-hybridized carbons (Fsp3) is 0.312. The van der Waals surface area contributed by atoms with Crippen LogP contribution in [0.1, 0.15) is 16.8 Å². The minimum absolute atomic E-state index is 0.746. The third-order valence-electron chi connectivity index (χ3n) is 3.36. The van der Waals surface area contributed by atoms with Crippen molar-refractivity contribution < 1.29 is 0 Å². The number of nitrogen functional groups attached to an aromatic ring is 1. The molecule has 1 aromatic heterocycles. The SMILES string of the molecule is Cc1ccc(CCN(C)c2ccc(N)c(C)n2)cc1. The van der Waals surface area contributed by atoms with Gasteiger partial charge in [0.2, 0.25) is 0 Å². The minimum Gasteiger partial charge on any atom is -0.397 e. The van der Waals surface area contributed by atoms with Crippen molar-refractivity contribution in [1.29, 1.82) is 0 Å². The second-order valence-corrected chi connectivity index (χ2v) is 5.00. The van der Waals surface area contributed by atoms with Crippen molar-refractivity contribution in [2.75, 3.05) is 24.2 Å². The van der Waals surface area contributed by atoms with Gasteiger partial charge in [-0.25, -0.2) is 4.98 Å². The Morgan fingerprint density at radius 1 is 1.05 bits per heavy atom. The Morgan fingerprint density at radius 3 is 2.37 bits per heavy atom. The van der Waals surface area contributed by atoms with Crippen molar-refractivity contribution in [2.45, 2.75) is 20.3 Å². The van der Waals surface area contributed by atoms with Crippen LogP contribution in [-0.2, 0) is 6.42 Å². The van der Waals surface area contributed by atoms with Crippen LogP contribution in [0.3, 0.4) is 0 Å². The number of benzene rings is 1. The number of hydrogen-bond donors (Lipinski definition) is 1. The summed E-state index contributed by atoms with van der Waals surface area (Å²) in [5, 5.41) is 0. The Labute approximate surface area is 115 Å². The molecule has 100 valence electrons. The van der Waals surface area contributed by atoms with Crippen LogP contribution in [0, 0.1) is 13.8 Å². The average molecular weight is 255 g/mol. The molecule has 2 aromatic rings. The largest absolute Gasteiger partial charge is 0.397 e. The molecular weight excluding hydrogens is 234 g/mol. The molecular formula is C16H21N3. The first-order valence-corrected chi connectivity index (χ1v) is 6.56. The normalized spacial score (nSPS) is 10.5. The standard InChI is InChI=1S/C16H21N3/c1-12-4-6-14(7-5-12)10-11-19(3)16-9-8-15(17)13(2)18-16/h4-9H,10-11,17H2,1-3H3. The molecule has 0 atom stereocenters. The number of pyridine rings is 1. The van der Waals surface area contributed by atoms with Crippen LogP contribution in [-0.4, -0.2) is 18.6 Å². The fourth-order valence-corrected chi connectivity index (χ4v) is 1.94. The van der Waals surface area contributed by atoms with Crippen LogP contribution >= 0.6 is 0 Å². The third-order valence-corrected chi connectivity index (χ3v) is 3.36. The van der Waals surface area contributed by atoms with Gasteiger partial charge in [0, 0.05) is 13.6 Å². The molecule has 0 aliphatic carbocycles. The average Bonchev–Trinajstić information content (AvgIpc) is 2.41. The van der Waals surface area contributed by atoms with Gasteiger partial charge in [0.1, 0.15) is 5.82 Å². The second kappa shape index (κ2) is 5.74. The molecule has 19 heavy (non-hydrogen) atoms. The number of rotatable bonds is 4. The Morgan fingerprint density at radius 2 is 1.74 bits per heavy atom. The Balaban J connectivity index is 1.98. The number of nitrogens with two attached hydrogens (primary N) is 1. The molecule has 0 spiro atoms. The van der Waals surface area contributed by atoms with E-state index in [9.17, 15) is 0 Å². The van der Waals surface area contributed by atoms with E-state index in [2.05, 4.69) is 48.1 Å². The van der Waals surface area contributed by atoms with E-state index in [4.69, 9.17) is 5.73 Å². The molecule has 3 heteroatoms. The van der Waals surface area contributed by atoms with E-state index in [0.29, 0.717) is 0 Å². The van der Waals surface area contributed by atoms with Crippen molar-refractivity contribution in [3.8, 4) is 0 Å². The van der Waals surface area contributed by atoms with Crippen LogP contribution in [0.25, 0.3) is 0 Å². The molecule has 2 rings (SSSR count). The van der Waals surface area contributed by atoms with Crippen molar-refractivity contribution in [3.05, 3.63) is 53.2 Å². The molecule has 0 amide bonds. The van der Waals surface area contributed by atoms with Gasteiger partial charge in [-0.3, -0.25) is 0 Å². The first kappa shape index (κ1) is 13.4. The molecule has 0 bridgehead atoms. The third kappa shape index (κ3) is 3.47. The number of aryl methyl sites for hydroxylation is 2. The summed E-state index contributed by atoms with van der Waals surface area (Å²) in [6, 6.07) is 12.6. The quantitative estimate of drug-likeness (QED) is 0.913. The summed E-state index contributed by atoms with van der Waals surface area (Å²) in [5.41, 5.74) is 10.1. The number of hydrogen-bond acceptors (Lipinski definition) is 3. The van der Waals surface area contributed by atoms with Gasteiger partial charge in [0.25, 0.3) is 0 Å². The van der Waals surface area contributed by atoms with E-state index in [1.54, 1.807) is 0 Å². The highest BCUT2D eigenvalue weighted by atomic mass is 15.2. The molecule has 2 N–H and O–H groups in total. The van der Waals surface area contributed by atoms with Crippen LogP contribution in [0.5, 0.6) is 0 Å². The Kier molecular flexibility index (Phi) is 4.05. The maximum absolute atomic E-state index is 5.79. The van der Waals surface area contributed by atoms with Gasteiger partial charge in [-0.05, 0) is 38.0 Å². The summed E-state index contributed by atoms with van der Waals surface area (Å²) >= 11 is 0. The molecule has 0 saturated carbocycles. The number of likely N-dealkylation sites (N-methyl/N-ethyl adjacent to an activating group) is 1. The zero-order chi connectivity index (χ0) is 13.8. The van der Waals surface area contributed by atoms with Gasteiger partial charge in [-0.15, -0.1) is 0 Å². The monoisotopic (exact) mass is 255 g/mol. The lowest BCUT2D eigenvalue weighted by molar-refractivity contribution is 0.856. The summed E-state index contributed by atoms with van der Waals surface area (Å²) in [6.45, 7) is 4.99. The van der Waals surface area contributed by atoms with Gasteiger partial charge >= 0.3 is 0 Å². The smallest absolute Gasteiger partial charge is 0.128 e. The molecule has 1 heterocycles. The van der Waals surface area contributed by atoms with Gasteiger partial charge in [-0.1, -0.05) is 29.8 Å². The van der Waals surface area contributed by atoms with E-state index in [1.807, 2.05) is 19.1 Å².